The summed E-state index contributed by atoms with van der Waals surface area (Å²) in [7, 11) is 0. The molecule has 0 N–H and O–H groups in total. The van der Waals surface area contributed by atoms with E-state index in [1.165, 1.54) is 43.8 Å². The summed E-state index contributed by atoms with van der Waals surface area (Å²) in [5, 5.41) is 9.54. The third-order valence-electron chi connectivity index (χ3n) is 13.7. The maximum Gasteiger partial charge on any atom is 0.0620 e. The molecular formula is C66H44N2. The molecule has 2 heterocycles. The summed E-state index contributed by atoms with van der Waals surface area (Å²) in [5.74, 6) is 0. The predicted molar refractivity (Wildman–Crippen MR) is 288 cm³/mol. The van der Waals surface area contributed by atoms with Gasteiger partial charge in [-0.25, -0.2) is 0 Å². The average Bonchev–Trinajstić information content (AvgIpc) is 4.06. The van der Waals surface area contributed by atoms with Crippen LogP contribution in [0.3, 0.4) is 0 Å². The van der Waals surface area contributed by atoms with E-state index in [9.17, 15) is 0 Å². The van der Waals surface area contributed by atoms with Crippen molar-refractivity contribution in [2.75, 3.05) is 0 Å². The third-order valence-corrected chi connectivity index (χ3v) is 13.7. The Morgan fingerprint density at radius 1 is 0.191 bits per heavy atom. The topological polar surface area (TPSA) is 9.86 Å². The fraction of sp³-hybridized carbons (Fsp3) is 0. The summed E-state index contributed by atoms with van der Waals surface area (Å²) < 4.78 is 5.07. The fourth-order valence-electron chi connectivity index (χ4n) is 10.6. The van der Waals surface area contributed by atoms with Crippen molar-refractivity contribution in [3.05, 3.63) is 267 Å². The molecule has 13 aromatic rings. The molecule has 0 aliphatic rings. The van der Waals surface area contributed by atoms with E-state index in [4.69, 9.17) is 0 Å². The number of benzene rings is 11. The number of fused-ring (bicyclic) bond motifs is 4. The molecule has 0 spiro atoms. The summed E-state index contributed by atoms with van der Waals surface area (Å²) in [4.78, 5) is 0. The first-order chi connectivity index (χ1) is 33.8. The molecule has 0 unspecified atom stereocenters. The molecule has 0 saturated carbocycles. The minimum Gasteiger partial charge on any atom is -0.308 e. The van der Waals surface area contributed by atoms with Gasteiger partial charge in [0.15, 0.2) is 0 Å². The minimum absolute atomic E-state index is 1.13. The zero-order chi connectivity index (χ0) is 45.0. The lowest BCUT2D eigenvalue weighted by Crippen LogP contribution is -2.07. The molecule has 0 radical (unpaired) electrons. The molecule has 2 aromatic heterocycles. The third kappa shape index (κ3) is 6.57. The molecule has 2 heteroatoms. The van der Waals surface area contributed by atoms with Crippen molar-refractivity contribution in [1.82, 2.24) is 9.13 Å². The molecule has 0 amide bonds. The first-order valence-corrected chi connectivity index (χ1v) is 23.4. The van der Waals surface area contributed by atoms with Gasteiger partial charge in [0.2, 0.25) is 0 Å². The van der Waals surface area contributed by atoms with Crippen molar-refractivity contribution in [2.45, 2.75) is 0 Å². The molecule has 13 rings (SSSR count). The summed E-state index contributed by atoms with van der Waals surface area (Å²) in [6, 6.07) is 97.9. The second-order valence-electron chi connectivity index (χ2n) is 17.6. The molecule has 68 heavy (non-hydrogen) atoms. The molecule has 0 saturated heterocycles. The van der Waals surface area contributed by atoms with Gasteiger partial charge in [-0.15, -0.1) is 0 Å². The van der Waals surface area contributed by atoms with Crippen molar-refractivity contribution in [2.24, 2.45) is 0 Å². The Kier molecular flexibility index (Phi) is 9.54. The van der Waals surface area contributed by atoms with Gasteiger partial charge in [0, 0.05) is 21.5 Å². The largest absolute Gasteiger partial charge is 0.308 e. The maximum atomic E-state index is 2.55. The Balaban J connectivity index is 1.25. The Morgan fingerprint density at radius 3 is 0.868 bits per heavy atom. The van der Waals surface area contributed by atoms with E-state index in [1.807, 2.05) is 0 Å². The molecule has 2 nitrogen and oxygen atoms in total. The Hall–Kier alpha value is -8.98. The zero-order valence-corrected chi connectivity index (χ0v) is 37.3. The van der Waals surface area contributed by atoms with E-state index in [-0.39, 0.29) is 0 Å². The van der Waals surface area contributed by atoms with Gasteiger partial charge in [-0.3, -0.25) is 0 Å². The maximum absolute atomic E-state index is 2.55. The number of hydrogen-bond acceptors (Lipinski definition) is 0. The number of nitrogens with zero attached hydrogens (tertiary/aromatic N) is 2. The van der Waals surface area contributed by atoms with Crippen molar-refractivity contribution in [3.63, 3.8) is 0 Å². The summed E-state index contributed by atoms with van der Waals surface area (Å²) >= 11 is 0. The molecule has 0 aliphatic carbocycles. The SMILES string of the molecule is c1ccc(-c2ccc(-c3ccccc3)n2-c2c3ccc(-c4cccc5ccccc45)cc3c(-n3c(-c4ccccc4)ccc3-c3ccccc3)c3cc(-c4cccc5ccccc45)ccc23)cc1. The van der Waals surface area contributed by atoms with E-state index >= 15 is 0 Å². The van der Waals surface area contributed by atoms with Crippen LogP contribution in [0.1, 0.15) is 0 Å². The molecule has 318 valence electrons. The van der Waals surface area contributed by atoms with Crippen LogP contribution in [-0.2, 0) is 0 Å². The van der Waals surface area contributed by atoms with Gasteiger partial charge >= 0.3 is 0 Å². The first kappa shape index (κ1) is 39.4. The van der Waals surface area contributed by atoms with E-state index < -0.39 is 0 Å². The van der Waals surface area contributed by atoms with Crippen LogP contribution in [0.25, 0.3) is 122 Å². The van der Waals surface area contributed by atoms with E-state index in [0.29, 0.717) is 0 Å². The van der Waals surface area contributed by atoms with Crippen LogP contribution < -0.4 is 0 Å². The lowest BCUT2D eigenvalue weighted by molar-refractivity contribution is 1.10. The van der Waals surface area contributed by atoms with Crippen LogP contribution in [0.5, 0.6) is 0 Å². The number of rotatable bonds is 8. The Morgan fingerprint density at radius 2 is 0.500 bits per heavy atom. The zero-order valence-electron chi connectivity index (χ0n) is 37.3. The Labute approximate surface area is 395 Å². The van der Waals surface area contributed by atoms with Crippen LogP contribution in [0.2, 0.25) is 0 Å². The quantitative estimate of drug-likeness (QED) is 0.135. The van der Waals surface area contributed by atoms with Gasteiger partial charge in [-0.2, -0.15) is 0 Å². The molecular weight excluding hydrogens is 821 g/mol. The standard InChI is InChI=1S/C66H44N2/c1-5-21-47(22-6-1)61-39-40-62(48-23-7-2-8-24-48)67(61)65-57-37-35-51(55-33-17-29-45-19-13-15-31-53(45)55)43-59(57)66(60-44-52(36-38-58(60)65)56-34-18-30-46-20-14-16-32-54(46)56)68-63(49-25-9-3-10-26-49)41-42-64(68)50-27-11-4-12-28-50/h1-44H. The predicted octanol–water partition coefficient (Wildman–Crippen LogP) is 17.9. The van der Waals surface area contributed by atoms with Crippen LogP contribution in [0.15, 0.2) is 267 Å². The van der Waals surface area contributed by atoms with Gasteiger partial charge < -0.3 is 9.13 Å². The lowest BCUT2D eigenvalue weighted by Gasteiger charge is -2.25. The monoisotopic (exact) mass is 864 g/mol. The van der Waals surface area contributed by atoms with Crippen molar-refractivity contribution in [1.29, 1.82) is 0 Å². The van der Waals surface area contributed by atoms with Crippen molar-refractivity contribution >= 4 is 43.1 Å². The minimum atomic E-state index is 1.13. The molecule has 11 aromatic carbocycles. The van der Waals surface area contributed by atoms with Gasteiger partial charge in [0.1, 0.15) is 0 Å². The fourth-order valence-corrected chi connectivity index (χ4v) is 10.6. The molecule has 0 bridgehead atoms. The normalized spacial score (nSPS) is 11.5. The van der Waals surface area contributed by atoms with Crippen LogP contribution in [0, 0.1) is 0 Å². The molecule has 0 aliphatic heterocycles. The van der Waals surface area contributed by atoms with Gasteiger partial charge in [-0.05, 0) is 102 Å². The first-order valence-electron chi connectivity index (χ1n) is 23.4. The second kappa shape index (κ2) is 16.5. The van der Waals surface area contributed by atoms with E-state index in [2.05, 4.69) is 276 Å². The molecule has 0 fully saturated rings. The number of hydrogen-bond donors (Lipinski definition) is 0. The summed E-state index contributed by atoms with van der Waals surface area (Å²) in [6.07, 6.45) is 0. The van der Waals surface area contributed by atoms with Crippen LogP contribution in [0.4, 0.5) is 0 Å². The van der Waals surface area contributed by atoms with Gasteiger partial charge in [0.05, 0.1) is 34.2 Å². The highest BCUT2D eigenvalue weighted by Crippen LogP contribution is 2.48. The van der Waals surface area contributed by atoms with Gasteiger partial charge in [0.25, 0.3) is 0 Å². The second-order valence-corrected chi connectivity index (χ2v) is 17.6. The highest BCUT2D eigenvalue weighted by atomic mass is 15.0. The summed E-state index contributed by atoms with van der Waals surface area (Å²) in [6.45, 7) is 0. The van der Waals surface area contributed by atoms with Gasteiger partial charge in [-0.1, -0.05) is 231 Å². The Bertz CT molecular complexity index is 3730. The lowest BCUT2D eigenvalue weighted by atomic mass is 9.90. The van der Waals surface area contributed by atoms with E-state index in [0.717, 1.165) is 77.9 Å². The highest BCUT2D eigenvalue weighted by Gasteiger charge is 2.26. The van der Waals surface area contributed by atoms with Crippen LogP contribution >= 0.6 is 0 Å². The highest BCUT2D eigenvalue weighted by molar-refractivity contribution is 6.18. The van der Waals surface area contributed by atoms with Crippen LogP contribution in [-0.4, -0.2) is 9.13 Å². The van der Waals surface area contributed by atoms with E-state index in [1.54, 1.807) is 0 Å². The van der Waals surface area contributed by atoms with Crippen molar-refractivity contribution in [3.8, 4) is 78.7 Å². The van der Waals surface area contributed by atoms with Crippen molar-refractivity contribution < 1.29 is 0 Å². The molecule has 0 atom stereocenters. The average molecular weight is 865 g/mol. The smallest absolute Gasteiger partial charge is 0.0620 e. The summed E-state index contributed by atoms with van der Waals surface area (Å²) in [5.41, 5.74) is 16.2. The number of aromatic nitrogens is 2.